The second-order valence-corrected chi connectivity index (χ2v) is 7.06. The van der Waals surface area contributed by atoms with Gasteiger partial charge in [0.2, 0.25) is 5.91 Å². The minimum atomic E-state index is -0.837. The molecule has 8 heteroatoms. The first-order valence-electron chi connectivity index (χ1n) is 9.71. The van der Waals surface area contributed by atoms with Gasteiger partial charge in [-0.1, -0.05) is 36.4 Å². The molecule has 156 valence electrons. The molecular formula is C23H20FN5O2. The number of pyridine rings is 1. The number of benzene rings is 2. The zero-order chi connectivity index (χ0) is 21.8. The van der Waals surface area contributed by atoms with E-state index in [1.807, 2.05) is 42.5 Å². The smallest absolute Gasteiger partial charge is 0.268 e. The fraction of sp³-hybridized carbons (Fsp3) is 0.130. The number of primary amides is 1. The molecule has 31 heavy (non-hydrogen) atoms. The molecule has 7 nitrogen and oxygen atoms in total. The molecule has 0 spiro atoms. The Kier molecular flexibility index (Phi) is 5.70. The molecule has 1 aliphatic heterocycles. The summed E-state index contributed by atoms with van der Waals surface area (Å²) in [7, 11) is 0. The number of hydrogen-bond acceptors (Lipinski definition) is 5. The number of carbonyl (C=O) groups is 2. The molecule has 2 heterocycles. The quantitative estimate of drug-likeness (QED) is 0.644. The molecule has 0 fully saturated rings. The minimum Gasteiger partial charge on any atom is -0.368 e. The average Bonchev–Trinajstić information content (AvgIpc) is 3.25. The van der Waals surface area contributed by atoms with Crippen molar-refractivity contribution in [3.63, 3.8) is 0 Å². The number of halogens is 1. The Bertz CT molecular complexity index is 1060. The lowest BCUT2D eigenvalue weighted by molar-refractivity contribution is -0.119. The van der Waals surface area contributed by atoms with Crippen molar-refractivity contribution in [1.29, 1.82) is 0 Å². The van der Waals surface area contributed by atoms with Gasteiger partial charge in [0.15, 0.2) is 0 Å². The first kappa shape index (κ1) is 20.2. The lowest BCUT2D eigenvalue weighted by atomic mass is 10.0. The third-order valence-electron chi connectivity index (χ3n) is 4.98. The topological polar surface area (TPSA) is 101 Å². The summed E-state index contributed by atoms with van der Waals surface area (Å²) in [5.41, 5.74) is 7.68. The predicted molar refractivity (Wildman–Crippen MR) is 115 cm³/mol. The van der Waals surface area contributed by atoms with Gasteiger partial charge in [-0.2, -0.15) is 5.10 Å². The van der Waals surface area contributed by atoms with Crippen molar-refractivity contribution in [3.8, 4) is 0 Å². The van der Waals surface area contributed by atoms with Gasteiger partial charge in [0.05, 0.1) is 17.4 Å². The van der Waals surface area contributed by atoms with Crippen LogP contribution in [0.3, 0.4) is 0 Å². The molecule has 0 radical (unpaired) electrons. The molecule has 3 aromatic rings. The van der Waals surface area contributed by atoms with Crippen LogP contribution >= 0.6 is 0 Å². The molecule has 0 bridgehead atoms. The van der Waals surface area contributed by atoms with E-state index in [4.69, 9.17) is 5.73 Å². The van der Waals surface area contributed by atoms with E-state index < -0.39 is 29.7 Å². The monoisotopic (exact) mass is 417 g/mol. The number of nitrogens with one attached hydrogen (secondary N) is 1. The average molecular weight is 417 g/mol. The van der Waals surface area contributed by atoms with E-state index in [-0.39, 0.29) is 12.1 Å². The zero-order valence-electron chi connectivity index (χ0n) is 16.5. The van der Waals surface area contributed by atoms with Crippen LogP contribution in [0, 0.1) is 5.82 Å². The standard InChI is InChI=1S/C23H20FN5O2/c24-16-9-11-17(12-10-16)29-20(22(25)30)14-19(28-29)23(31)27-21(15-6-2-1-3-7-15)18-8-4-5-13-26-18/h1-13,20-21H,14H2,(H2,25,30)(H,27,31). The van der Waals surface area contributed by atoms with E-state index >= 15 is 0 Å². The maximum Gasteiger partial charge on any atom is 0.268 e. The highest BCUT2D eigenvalue weighted by atomic mass is 19.1. The second kappa shape index (κ2) is 8.74. The fourth-order valence-corrected chi connectivity index (χ4v) is 3.44. The summed E-state index contributed by atoms with van der Waals surface area (Å²) >= 11 is 0. The summed E-state index contributed by atoms with van der Waals surface area (Å²) in [4.78, 5) is 29.4. The normalized spacial score (nSPS) is 16.5. The summed E-state index contributed by atoms with van der Waals surface area (Å²) in [6.45, 7) is 0. The Hall–Kier alpha value is -4.07. The van der Waals surface area contributed by atoms with E-state index in [1.165, 1.54) is 29.3 Å². The first-order valence-corrected chi connectivity index (χ1v) is 9.71. The Balaban J connectivity index is 1.62. The van der Waals surface area contributed by atoms with Gasteiger partial charge in [0, 0.05) is 12.6 Å². The van der Waals surface area contributed by atoms with E-state index in [0.29, 0.717) is 11.4 Å². The predicted octanol–water partition coefficient (Wildman–Crippen LogP) is 2.55. The molecule has 2 aromatic carbocycles. The van der Waals surface area contributed by atoms with Crippen molar-refractivity contribution < 1.29 is 14.0 Å². The molecule has 1 aromatic heterocycles. The Morgan fingerprint density at radius 1 is 1.03 bits per heavy atom. The van der Waals surface area contributed by atoms with E-state index in [0.717, 1.165) is 5.56 Å². The van der Waals surface area contributed by atoms with Gasteiger partial charge >= 0.3 is 0 Å². The number of anilines is 1. The Labute approximate surface area is 178 Å². The Morgan fingerprint density at radius 2 is 1.74 bits per heavy atom. The maximum atomic E-state index is 13.3. The lowest BCUT2D eigenvalue weighted by Gasteiger charge is -2.20. The second-order valence-electron chi connectivity index (χ2n) is 7.06. The third-order valence-corrected chi connectivity index (χ3v) is 4.98. The first-order chi connectivity index (χ1) is 15.0. The zero-order valence-corrected chi connectivity index (χ0v) is 16.5. The Morgan fingerprint density at radius 3 is 2.39 bits per heavy atom. The van der Waals surface area contributed by atoms with Crippen LogP contribution in [-0.4, -0.2) is 28.6 Å². The number of aromatic nitrogens is 1. The highest BCUT2D eigenvalue weighted by Gasteiger charge is 2.35. The molecule has 0 saturated heterocycles. The molecule has 0 saturated carbocycles. The van der Waals surface area contributed by atoms with Gasteiger partial charge in [-0.15, -0.1) is 0 Å². The number of carbonyl (C=O) groups excluding carboxylic acids is 2. The third kappa shape index (κ3) is 4.42. The number of nitrogens with zero attached hydrogens (tertiary/aromatic N) is 3. The van der Waals surface area contributed by atoms with Crippen LogP contribution in [0.4, 0.5) is 10.1 Å². The van der Waals surface area contributed by atoms with Crippen molar-refractivity contribution in [2.75, 3.05) is 5.01 Å². The van der Waals surface area contributed by atoms with Crippen molar-refractivity contribution in [3.05, 3.63) is 96.1 Å². The van der Waals surface area contributed by atoms with Gasteiger partial charge in [0.25, 0.3) is 5.91 Å². The fourth-order valence-electron chi connectivity index (χ4n) is 3.44. The summed E-state index contributed by atoms with van der Waals surface area (Å²) in [6, 6.07) is 19.1. The number of hydrazone groups is 1. The van der Waals surface area contributed by atoms with Gasteiger partial charge in [-0.25, -0.2) is 4.39 Å². The van der Waals surface area contributed by atoms with Crippen LogP contribution in [0.25, 0.3) is 0 Å². The molecular weight excluding hydrogens is 397 g/mol. The van der Waals surface area contributed by atoms with E-state index in [1.54, 1.807) is 12.3 Å². The summed E-state index contributed by atoms with van der Waals surface area (Å²) in [6.07, 6.45) is 1.70. The molecule has 2 amide bonds. The molecule has 2 atom stereocenters. The molecule has 1 aliphatic rings. The summed E-state index contributed by atoms with van der Waals surface area (Å²) in [5, 5.41) is 8.64. The SMILES string of the molecule is NC(=O)C1CC(C(=O)NC(c2ccccc2)c2ccccn2)=NN1c1ccc(F)cc1. The maximum absolute atomic E-state index is 13.3. The van der Waals surface area contributed by atoms with Crippen LogP contribution in [0.5, 0.6) is 0 Å². The van der Waals surface area contributed by atoms with Gasteiger partial charge in [0.1, 0.15) is 17.6 Å². The van der Waals surface area contributed by atoms with E-state index in [9.17, 15) is 14.0 Å². The van der Waals surface area contributed by atoms with Crippen molar-refractivity contribution in [1.82, 2.24) is 10.3 Å². The molecule has 4 rings (SSSR count). The number of amides is 2. The van der Waals surface area contributed by atoms with Crippen LogP contribution in [0.15, 0.2) is 84.1 Å². The highest BCUT2D eigenvalue weighted by molar-refractivity contribution is 6.40. The molecule has 0 aliphatic carbocycles. The largest absolute Gasteiger partial charge is 0.368 e. The van der Waals surface area contributed by atoms with Crippen molar-refractivity contribution in [2.45, 2.75) is 18.5 Å². The summed E-state index contributed by atoms with van der Waals surface area (Å²) < 4.78 is 13.3. The van der Waals surface area contributed by atoms with Crippen LogP contribution in [0.1, 0.15) is 23.7 Å². The highest BCUT2D eigenvalue weighted by Crippen LogP contribution is 2.26. The van der Waals surface area contributed by atoms with Gasteiger partial charge < -0.3 is 11.1 Å². The van der Waals surface area contributed by atoms with Crippen LogP contribution < -0.4 is 16.1 Å². The number of hydrogen-bond donors (Lipinski definition) is 2. The van der Waals surface area contributed by atoms with E-state index in [2.05, 4.69) is 15.4 Å². The number of nitrogens with two attached hydrogens (primary N) is 1. The lowest BCUT2D eigenvalue weighted by Crippen LogP contribution is -2.40. The number of rotatable bonds is 6. The van der Waals surface area contributed by atoms with Crippen LogP contribution in [0.2, 0.25) is 0 Å². The van der Waals surface area contributed by atoms with Crippen LogP contribution in [-0.2, 0) is 9.59 Å². The van der Waals surface area contributed by atoms with Gasteiger partial charge in [-0.05, 0) is 42.0 Å². The van der Waals surface area contributed by atoms with Crippen molar-refractivity contribution in [2.24, 2.45) is 10.8 Å². The molecule has 2 unspecified atom stereocenters. The molecule has 3 N–H and O–H groups in total. The van der Waals surface area contributed by atoms with Gasteiger partial charge in [-0.3, -0.25) is 19.6 Å². The summed E-state index contributed by atoms with van der Waals surface area (Å²) in [5.74, 6) is -1.47. The minimum absolute atomic E-state index is 0.0439. The van der Waals surface area contributed by atoms with Crippen molar-refractivity contribution >= 4 is 23.2 Å².